The van der Waals surface area contributed by atoms with Crippen LogP contribution in [-0.2, 0) is 6.61 Å². The summed E-state index contributed by atoms with van der Waals surface area (Å²) in [5.74, 6) is 1.32. The Morgan fingerprint density at radius 3 is 2.90 bits per heavy atom. The van der Waals surface area contributed by atoms with E-state index in [1.54, 1.807) is 30.3 Å². The molecule has 1 aliphatic rings. The first kappa shape index (κ1) is 13.6. The van der Waals surface area contributed by atoms with Crippen molar-refractivity contribution in [1.82, 2.24) is 0 Å². The molecule has 3 rings (SSSR count). The van der Waals surface area contributed by atoms with Crippen LogP contribution >= 0.6 is 23.2 Å². The Bertz CT molecular complexity index is 643. The van der Waals surface area contributed by atoms with Crippen LogP contribution in [-0.4, -0.2) is 11.7 Å². The molecule has 1 aliphatic heterocycles. The summed E-state index contributed by atoms with van der Waals surface area (Å²) < 4.78 is 11.1. The number of hydrogen-bond donors (Lipinski definition) is 1. The number of halogens is 2. The fourth-order valence-electron chi connectivity index (χ4n) is 2.08. The zero-order chi connectivity index (χ0) is 14.1. The summed E-state index contributed by atoms with van der Waals surface area (Å²) in [6.07, 6.45) is -0.554. The average Bonchev–Trinajstić information content (AvgIpc) is 2.81. The Labute approximate surface area is 126 Å². The van der Waals surface area contributed by atoms with Crippen molar-refractivity contribution in [3.8, 4) is 11.5 Å². The summed E-state index contributed by atoms with van der Waals surface area (Å²) in [5, 5.41) is 10.9. The van der Waals surface area contributed by atoms with E-state index in [2.05, 4.69) is 0 Å². The molecule has 0 aliphatic carbocycles. The number of aliphatic hydroxyl groups excluding tert-OH is 1. The van der Waals surface area contributed by atoms with Gasteiger partial charge >= 0.3 is 0 Å². The van der Waals surface area contributed by atoms with Crippen molar-refractivity contribution < 1.29 is 14.6 Å². The lowest BCUT2D eigenvalue weighted by Crippen LogP contribution is -1.97. The van der Waals surface area contributed by atoms with Crippen molar-refractivity contribution in [2.45, 2.75) is 12.7 Å². The first-order chi connectivity index (χ1) is 9.63. The lowest BCUT2D eigenvalue weighted by atomic mass is 10.1. The Morgan fingerprint density at radius 1 is 1.20 bits per heavy atom. The highest BCUT2D eigenvalue weighted by molar-refractivity contribution is 6.33. The minimum atomic E-state index is -0.554. The zero-order valence-electron chi connectivity index (χ0n) is 10.5. The molecule has 1 heterocycles. The summed E-state index contributed by atoms with van der Waals surface area (Å²) >= 11 is 12.0. The number of ether oxygens (including phenoxy) is 2. The molecule has 2 aromatic rings. The van der Waals surface area contributed by atoms with Gasteiger partial charge in [-0.25, -0.2) is 0 Å². The molecule has 0 saturated heterocycles. The van der Waals surface area contributed by atoms with E-state index < -0.39 is 6.10 Å². The van der Waals surface area contributed by atoms with Crippen LogP contribution in [0.3, 0.4) is 0 Å². The highest BCUT2D eigenvalue weighted by Crippen LogP contribution is 2.35. The van der Waals surface area contributed by atoms with E-state index in [0.29, 0.717) is 34.8 Å². The fourth-order valence-corrected chi connectivity index (χ4v) is 2.45. The van der Waals surface area contributed by atoms with Gasteiger partial charge < -0.3 is 14.6 Å². The molecule has 1 atom stereocenters. The molecule has 0 saturated carbocycles. The quantitative estimate of drug-likeness (QED) is 0.931. The van der Waals surface area contributed by atoms with Crippen molar-refractivity contribution in [3.05, 3.63) is 57.6 Å². The fraction of sp³-hybridized carbons (Fsp3) is 0.200. The van der Waals surface area contributed by atoms with Gasteiger partial charge in [0.05, 0.1) is 0 Å². The summed E-state index contributed by atoms with van der Waals surface area (Å²) in [4.78, 5) is 0. The van der Waals surface area contributed by atoms with E-state index in [4.69, 9.17) is 32.7 Å². The molecule has 0 spiro atoms. The lowest BCUT2D eigenvalue weighted by Gasteiger charge is -2.09. The van der Waals surface area contributed by atoms with Crippen LogP contribution in [0, 0.1) is 0 Å². The van der Waals surface area contributed by atoms with Crippen molar-refractivity contribution in [1.29, 1.82) is 0 Å². The third kappa shape index (κ3) is 2.70. The number of benzene rings is 2. The first-order valence-electron chi connectivity index (χ1n) is 6.15. The molecule has 1 unspecified atom stereocenters. The van der Waals surface area contributed by atoms with Crippen LogP contribution in [0.4, 0.5) is 0 Å². The molecule has 104 valence electrons. The zero-order valence-corrected chi connectivity index (χ0v) is 12.0. The van der Waals surface area contributed by atoms with Gasteiger partial charge in [0.1, 0.15) is 30.8 Å². The molecular weight excluding hydrogens is 299 g/mol. The highest BCUT2D eigenvalue weighted by atomic mass is 35.5. The van der Waals surface area contributed by atoms with E-state index in [0.717, 1.165) is 11.1 Å². The Morgan fingerprint density at radius 2 is 2.05 bits per heavy atom. The van der Waals surface area contributed by atoms with Gasteiger partial charge in [-0.2, -0.15) is 0 Å². The minimum Gasteiger partial charge on any atom is -0.490 e. The maximum Gasteiger partial charge on any atom is 0.129 e. The summed E-state index contributed by atoms with van der Waals surface area (Å²) in [6.45, 7) is 0.611. The summed E-state index contributed by atoms with van der Waals surface area (Å²) in [6, 6.07) is 10.6. The van der Waals surface area contributed by atoms with E-state index in [1.165, 1.54) is 0 Å². The standard InChI is InChI=1S/C15H12Cl2O3/c16-10-1-4-13(17)9(5-10)7-19-11-2-3-12-14(18)8-20-15(12)6-11/h1-6,14,18H,7-8H2. The number of hydrogen-bond acceptors (Lipinski definition) is 3. The molecule has 0 radical (unpaired) electrons. The van der Waals surface area contributed by atoms with Gasteiger partial charge in [-0.05, 0) is 30.3 Å². The van der Waals surface area contributed by atoms with Crippen LogP contribution in [0.5, 0.6) is 11.5 Å². The topological polar surface area (TPSA) is 38.7 Å². The number of aliphatic hydroxyl groups is 1. The highest BCUT2D eigenvalue weighted by Gasteiger charge is 2.22. The molecule has 1 N–H and O–H groups in total. The average molecular weight is 311 g/mol. The van der Waals surface area contributed by atoms with Gasteiger partial charge in [0.15, 0.2) is 0 Å². The molecule has 0 aromatic heterocycles. The molecule has 0 fully saturated rings. The second-order valence-electron chi connectivity index (χ2n) is 4.55. The molecule has 20 heavy (non-hydrogen) atoms. The second-order valence-corrected chi connectivity index (χ2v) is 5.39. The maximum absolute atomic E-state index is 9.65. The van der Waals surface area contributed by atoms with Gasteiger partial charge in [-0.3, -0.25) is 0 Å². The van der Waals surface area contributed by atoms with E-state index in [9.17, 15) is 5.11 Å². The molecule has 5 heteroatoms. The van der Waals surface area contributed by atoms with Gasteiger partial charge in [0.2, 0.25) is 0 Å². The SMILES string of the molecule is OC1COc2cc(OCc3cc(Cl)ccc3Cl)ccc21. The lowest BCUT2D eigenvalue weighted by molar-refractivity contribution is 0.140. The van der Waals surface area contributed by atoms with Crippen molar-refractivity contribution in [3.63, 3.8) is 0 Å². The first-order valence-corrected chi connectivity index (χ1v) is 6.90. The van der Waals surface area contributed by atoms with Gasteiger partial charge in [-0.1, -0.05) is 23.2 Å². The van der Waals surface area contributed by atoms with E-state index >= 15 is 0 Å². The van der Waals surface area contributed by atoms with Crippen molar-refractivity contribution in [2.75, 3.05) is 6.61 Å². The Balaban J connectivity index is 1.74. The van der Waals surface area contributed by atoms with Gasteiger partial charge in [-0.15, -0.1) is 0 Å². The van der Waals surface area contributed by atoms with Crippen LogP contribution in [0.25, 0.3) is 0 Å². The van der Waals surface area contributed by atoms with E-state index in [-0.39, 0.29) is 0 Å². The van der Waals surface area contributed by atoms with Crippen molar-refractivity contribution >= 4 is 23.2 Å². The van der Waals surface area contributed by atoms with Crippen LogP contribution in [0.2, 0.25) is 10.0 Å². The second kappa shape index (κ2) is 5.52. The van der Waals surface area contributed by atoms with Gasteiger partial charge in [0, 0.05) is 27.2 Å². The Kier molecular flexibility index (Phi) is 3.74. The summed E-state index contributed by atoms with van der Waals surface area (Å²) in [5.41, 5.74) is 1.61. The van der Waals surface area contributed by atoms with E-state index in [1.807, 2.05) is 6.07 Å². The molecule has 2 aromatic carbocycles. The predicted molar refractivity (Wildman–Crippen MR) is 77.7 cm³/mol. The smallest absolute Gasteiger partial charge is 0.129 e. The predicted octanol–water partition coefficient (Wildman–Crippen LogP) is 4.00. The van der Waals surface area contributed by atoms with Gasteiger partial charge in [0.25, 0.3) is 0 Å². The minimum absolute atomic E-state index is 0.291. The monoisotopic (exact) mass is 310 g/mol. The largest absolute Gasteiger partial charge is 0.490 e. The van der Waals surface area contributed by atoms with Crippen LogP contribution in [0.15, 0.2) is 36.4 Å². The number of rotatable bonds is 3. The number of fused-ring (bicyclic) bond motifs is 1. The molecule has 0 bridgehead atoms. The van der Waals surface area contributed by atoms with Crippen LogP contribution in [0.1, 0.15) is 17.2 Å². The molecule has 0 amide bonds. The third-order valence-electron chi connectivity index (χ3n) is 3.14. The third-order valence-corrected chi connectivity index (χ3v) is 3.75. The normalized spacial score (nSPS) is 16.6. The maximum atomic E-state index is 9.65. The molecule has 3 nitrogen and oxygen atoms in total. The molecular formula is C15H12Cl2O3. The summed E-state index contributed by atoms with van der Waals surface area (Å²) in [7, 11) is 0. The Hall–Kier alpha value is -1.42. The van der Waals surface area contributed by atoms with Crippen LogP contribution < -0.4 is 9.47 Å². The van der Waals surface area contributed by atoms with Crippen molar-refractivity contribution in [2.24, 2.45) is 0 Å².